The van der Waals surface area contributed by atoms with Gasteiger partial charge in [0.25, 0.3) is 0 Å². The van der Waals surface area contributed by atoms with E-state index in [2.05, 4.69) is 28.9 Å². The summed E-state index contributed by atoms with van der Waals surface area (Å²) in [6, 6.07) is 7.59. The zero-order valence-electron chi connectivity index (χ0n) is 18.3. The fourth-order valence-corrected chi connectivity index (χ4v) is 3.54. The Morgan fingerprint density at radius 2 is 1.60 bits per heavy atom. The number of amides is 1. The molecule has 1 aromatic heterocycles. The van der Waals surface area contributed by atoms with Crippen LogP contribution in [0.25, 0.3) is 11.3 Å². The van der Waals surface area contributed by atoms with Crippen LogP contribution in [0.15, 0.2) is 24.3 Å². The number of nitrogens with zero attached hydrogens (tertiary/aromatic N) is 4. The van der Waals surface area contributed by atoms with Crippen LogP contribution in [0.2, 0.25) is 0 Å². The van der Waals surface area contributed by atoms with Gasteiger partial charge >= 0.3 is 0 Å². The second-order valence-corrected chi connectivity index (χ2v) is 7.66. The molecule has 8 nitrogen and oxygen atoms in total. The average Bonchev–Trinajstić information content (AvgIpc) is 2.77. The molecule has 0 bridgehead atoms. The number of benzene rings is 1. The van der Waals surface area contributed by atoms with E-state index >= 15 is 0 Å². The van der Waals surface area contributed by atoms with Crippen molar-refractivity contribution in [1.29, 1.82) is 0 Å². The number of carbonyl (C=O) groups is 1. The molecular formula is C22H30N4O4. The predicted molar refractivity (Wildman–Crippen MR) is 115 cm³/mol. The summed E-state index contributed by atoms with van der Waals surface area (Å²) in [6.07, 6.45) is 0.600. The fourth-order valence-electron chi connectivity index (χ4n) is 3.54. The van der Waals surface area contributed by atoms with Crippen LogP contribution in [-0.4, -0.2) is 68.5 Å². The zero-order chi connectivity index (χ0) is 21.7. The maximum Gasteiger partial charge on any atom is 0.222 e. The highest BCUT2D eigenvalue weighted by Gasteiger charge is 2.23. The summed E-state index contributed by atoms with van der Waals surface area (Å²) in [4.78, 5) is 16.4. The number of aromatic nitrogens is 2. The molecule has 1 aromatic carbocycles. The Morgan fingerprint density at radius 1 is 0.967 bits per heavy atom. The van der Waals surface area contributed by atoms with Crippen LogP contribution < -0.4 is 19.1 Å². The minimum absolute atomic E-state index is 0.230. The molecule has 2 aromatic rings. The van der Waals surface area contributed by atoms with Gasteiger partial charge in [0.2, 0.25) is 11.7 Å². The van der Waals surface area contributed by atoms with Gasteiger partial charge in [-0.25, -0.2) is 0 Å². The van der Waals surface area contributed by atoms with E-state index in [-0.39, 0.29) is 5.91 Å². The van der Waals surface area contributed by atoms with Crippen molar-refractivity contribution >= 4 is 11.7 Å². The first-order valence-corrected chi connectivity index (χ1v) is 10.1. The maximum atomic E-state index is 12.3. The standard InChI is InChI=1S/C22H30N4O4/c1-15(2)12-21(27)26-10-8-25(9-11-26)20-7-6-17(23-24-20)16-13-18(28-3)22(30-5)19(14-16)29-4/h6-7,13-15H,8-12H2,1-5H3. The lowest BCUT2D eigenvalue weighted by molar-refractivity contribution is -0.132. The average molecular weight is 415 g/mol. The lowest BCUT2D eigenvalue weighted by atomic mass is 10.1. The second kappa shape index (κ2) is 9.65. The van der Waals surface area contributed by atoms with Gasteiger partial charge < -0.3 is 24.0 Å². The quantitative estimate of drug-likeness (QED) is 0.689. The van der Waals surface area contributed by atoms with Gasteiger partial charge in [0, 0.05) is 38.2 Å². The smallest absolute Gasteiger partial charge is 0.222 e. The van der Waals surface area contributed by atoms with E-state index in [1.807, 2.05) is 29.2 Å². The van der Waals surface area contributed by atoms with Crippen molar-refractivity contribution in [2.75, 3.05) is 52.4 Å². The van der Waals surface area contributed by atoms with E-state index in [4.69, 9.17) is 14.2 Å². The number of piperazine rings is 1. The van der Waals surface area contributed by atoms with Crippen LogP contribution in [0.4, 0.5) is 5.82 Å². The molecule has 0 N–H and O–H groups in total. The number of hydrogen-bond donors (Lipinski definition) is 0. The van der Waals surface area contributed by atoms with Gasteiger partial charge in [0.05, 0.1) is 27.0 Å². The summed E-state index contributed by atoms with van der Waals surface area (Å²) < 4.78 is 16.2. The molecule has 0 saturated carbocycles. The molecule has 1 amide bonds. The van der Waals surface area contributed by atoms with Crippen LogP contribution in [0.1, 0.15) is 20.3 Å². The molecule has 30 heavy (non-hydrogen) atoms. The summed E-state index contributed by atoms with van der Waals surface area (Å²) in [5.41, 5.74) is 1.54. The van der Waals surface area contributed by atoms with Crippen LogP contribution in [0.3, 0.4) is 0 Å². The molecule has 2 heterocycles. The Morgan fingerprint density at radius 3 is 2.07 bits per heavy atom. The maximum absolute atomic E-state index is 12.3. The van der Waals surface area contributed by atoms with E-state index < -0.39 is 0 Å². The topological polar surface area (TPSA) is 77.0 Å². The van der Waals surface area contributed by atoms with Gasteiger partial charge in [-0.1, -0.05) is 13.8 Å². The molecule has 0 aliphatic carbocycles. The Hall–Kier alpha value is -3.03. The summed E-state index contributed by atoms with van der Waals surface area (Å²) in [7, 11) is 4.74. The SMILES string of the molecule is COc1cc(-c2ccc(N3CCN(C(=O)CC(C)C)CC3)nn2)cc(OC)c1OC. The van der Waals surface area contributed by atoms with Crippen LogP contribution in [0, 0.1) is 5.92 Å². The minimum Gasteiger partial charge on any atom is -0.493 e. The van der Waals surface area contributed by atoms with Crippen molar-refractivity contribution in [3.05, 3.63) is 24.3 Å². The molecule has 162 valence electrons. The highest BCUT2D eigenvalue weighted by atomic mass is 16.5. The van der Waals surface area contributed by atoms with Crippen molar-refractivity contribution in [3.8, 4) is 28.5 Å². The van der Waals surface area contributed by atoms with Crippen molar-refractivity contribution in [1.82, 2.24) is 15.1 Å². The normalized spacial score (nSPS) is 14.1. The van der Waals surface area contributed by atoms with Gasteiger partial charge in [-0.2, -0.15) is 0 Å². The summed E-state index contributed by atoms with van der Waals surface area (Å²) >= 11 is 0. The number of ether oxygens (including phenoxy) is 3. The Bertz CT molecular complexity index is 837. The van der Waals surface area contributed by atoms with Crippen molar-refractivity contribution in [2.24, 2.45) is 5.92 Å². The Labute approximate surface area is 177 Å². The molecule has 0 atom stereocenters. The van der Waals surface area contributed by atoms with E-state index in [1.165, 1.54) is 0 Å². The number of hydrogen-bond acceptors (Lipinski definition) is 7. The minimum atomic E-state index is 0.230. The molecular weight excluding hydrogens is 384 g/mol. The number of anilines is 1. The van der Waals surface area contributed by atoms with E-state index in [9.17, 15) is 4.79 Å². The fraction of sp³-hybridized carbons (Fsp3) is 0.500. The molecule has 0 spiro atoms. The third-order valence-corrected chi connectivity index (χ3v) is 5.15. The first-order chi connectivity index (χ1) is 14.5. The van der Waals surface area contributed by atoms with E-state index in [0.29, 0.717) is 48.4 Å². The first kappa shape index (κ1) is 21.7. The zero-order valence-corrected chi connectivity index (χ0v) is 18.3. The van der Waals surface area contributed by atoms with E-state index in [0.717, 1.165) is 24.5 Å². The Balaban J connectivity index is 1.71. The molecule has 8 heteroatoms. The first-order valence-electron chi connectivity index (χ1n) is 10.1. The number of methoxy groups -OCH3 is 3. The van der Waals surface area contributed by atoms with E-state index in [1.54, 1.807) is 21.3 Å². The second-order valence-electron chi connectivity index (χ2n) is 7.66. The largest absolute Gasteiger partial charge is 0.493 e. The molecule has 1 saturated heterocycles. The van der Waals surface area contributed by atoms with Crippen LogP contribution in [-0.2, 0) is 4.79 Å². The number of carbonyl (C=O) groups excluding carboxylic acids is 1. The van der Waals surface area contributed by atoms with Crippen LogP contribution >= 0.6 is 0 Å². The molecule has 0 unspecified atom stereocenters. The van der Waals surface area contributed by atoms with Crippen molar-refractivity contribution in [3.63, 3.8) is 0 Å². The Kier molecular flexibility index (Phi) is 6.97. The molecule has 3 rings (SSSR count). The van der Waals surface area contributed by atoms with Gasteiger partial charge in [-0.15, -0.1) is 10.2 Å². The van der Waals surface area contributed by atoms with Gasteiger partial charge in [-0.05, 0) is 30.2 Å². The third kappa shape index (κ3) is 4.75. The van der Waals surface area contributed by atoms with Gasteiger partial charge in [0.1, 0.15) is 0 Å². The highest BCUT2D eigenvalue weighted by molar-refractivity contribution is 5.76. The van der Waals surface area contributed by atoms with Crippen LogP contribution in [0.5, 0.6) is 17.2 Å². The number of rotatable bonds is 7. The molecule has 0 radical (unpaired) electrons. The summed E-state index contributed by atoms with van der Waals surface area (Å²) in [5, 5.41) is 8.81. The predicted octanol–water partition coefficient (Wildman–Crippen LogP) is 2.86. The highest BCUT2D eigenvalue weighted by Crippen LogP contribution is 2.40. The molecule has 1 aliphatic rings. The van der Waals surface area contributed by atoms with Gasteiger partial charge in [-0.3, -0.25) is 4.79 Å². The molecule has 1 aliphatic heterocycles. The molecule has 1 fully saturated rings. The summed E-state index contributed by atoms with van der Waals surface area (Å²) in [6.45, 7) is 7.06. The van der Waals surface area contributed by atoms with Crippen molar-refractivity contribution < 1.29 is 19.0 Å². The van der Waals surface area contributed by atoms with Gasteiger partial charge in [0.15, 0.2) is 17.3 Å². The third-order valence-electron chi connectivity index (χ3n) is 5.15. The monoisotopic (exact) mass is 414 g/mol. The lowest BCUT2D eigenvalue weighted by Gasteiger charge is -2.35. The van der Waals surface area contributed by atoms with Crippen molar-refractivity contribution in [2.45, 2.75) is 20.3 Å². The lowest BCUT2D eigenvalue weighted by Crippen LogP contribution is -2.49. The summed E-state index contributed by atoms with van der Waals surface area (Å²) in [5.74, 6) is 3.10.